The van der Waals surface area contributed by atoms with Gasteiger partial charge in [-0.1, -0.05) is 6.07 Å². The zero-order valence-corrected chi connectivity index (χ0v) is 12.3. The minimum Gasteiger partial charge on any atom is -0.466 e. The minimum absolute atomic E-state index is 0.106. The van der Waals surface area contributed by atoms with Crippen molar-refractivity contribution < 1.29 is 9.53 Å². The number of carbonyl (C=O) groups is 1. The zero-order valence-electron chi connectivity index (χ0n) is 12.3. The summed E-state index contributed by atoms with van der Waals surface area (Å²) in [6, 6.07) is 5.24. The molecule has 0 bridgehead atoms. The molecule has 21 heavy (non-hydrogen) atoms. The number of aryl methyl sites for hydroxylation is 1. The van der Waals surface area contributed by atoms with E-state index in [0.29, 0.717) is 37.5 Å². The van der Waals surface area contributed by atoms with Crippen molar-refractivity contribution in [2.45, 2.75) is 26.8 Å². The fourth-order valence-electron chi connectivity index (χ4n) is 2.04. The second-order valence-electron chi connectivity index (χ2n) is 4.70. The molecule has 0 radical (unpaired) electrons. The largest absolute Gasteiger partial charge is 0.466 e. The highest BCUT2D eigenvalue weighted by Crippen LogP contribution is 2.05. The number of pyridine rings is 1. The Kier molecular flexibility index (Phi) is 5.05. The van der Waals surface area contributed by atoms with Crippen LogP contribution in [-0.4, -0.2) is 28.5 Å². The average Bonchev–Trinajstić information content (AvgIpc) is 2.45. The number of aromatic nitrogens is 2. The molecule has 6 nitrogen and oxygen atoms in total. The van der Waals surface area contributed by atoms with E-state index in [4.69, 9.17) is 4.74 Å². The van der Waals surface area contributed by atoms with Crippen LogP contribution in [0.4, 0.5) is 0 Å². The Morgan fingerprint density at radius 1 is 1.48 bits per heavy atom. The molecule has 0 fully saturated rings. The van der Waals surface area contributed by atoms with E-state index in [9.17, 15) is 9.59 Å². The first kappa shape index (κ1) is 15.2. The van der Waals surface area contributed by atoms with Gasteiger partial charge in [0.2, 0.25) is 0 Å². The fourth-order valence-corrected chi connectivity index (χ4v) is 2.04. The monoisotopic (exact) mass is 289 g/mol. The van der Waals surface area contributed by atoms with Crippen molar-refractivity contribution in [3.8, 4) is 0 Å². The molecule has 1 N–H and O–H groups in total. The van der Waals surface area contributed by atoms with Crippen LogP contribution in [0.15, 0.2) is 29.2 Å². The van der Waals surface area contributed by atoms with Crippen molar-refractivity contribution in [2.24, 2.45) is 0 Å². The highest BCUT2D eigenvalue weighted by molar-refractivity contribution is 5.69. The maximum Gasteiger partial charge on any atom is 0.307 e. The van der Waals surface area contributed by atoms with Crippen LogP contribution in [0.25, 0.3) is 5.65 Å². The van der Waals surface area contributed by atoms with Gasteiger partial charge in [0.15, 0.2) is 0 Å². The second-order valence-corrected chi connectivity index (χ2v) is 4.70. The van der Waals surface area contributed by atoms with Crippen molar-refractivity contribution >= 4 is 11.6 Å². The number of fused-ring (bicyclic) bond motifs is 1. The predicted octanol–water partition coefficient (Wildman–Crippen LogP) is 1.05. The lowest BCUT2D eigenvalue weighted by atomic mass is 10.3. The van der Waals surface area contributed by atoms with Crippen LogP contribution in [0, 0.1) is 6.92 Å². The third-order valence-electron chi connectivity index (χ3n) is 3.06. The summed E-state index contributed by atoms with van der Waals surface area (Å²) in [5.74, 6) is -0.229. The molecule has 0 saturated heterocycles. The summed E-state index contributed by atoms with van der Waals surface area (Å²) in [7, 11) is 0. The zero-order chi connectivity index (χ0) is 15.2. The summed E-state index contributed by atoms with van der Waals surface area (Å²) in [6.07, 6.45) is 2.01. The summed E-state index contributed by atoms with van der Waals surface area (Å²) in [5, 5.41) is 3.09. The smallest absolute Gasteiger partial charge is 0.307 e. The Hall–Kier alpha value is -2.21. The Bertz CT molecular complexity index is 694. The van der Waals surface area contributed by atoms with Crippen LogP contribution in [0.5, 0.6) is 0 Å². The van der Waals surface area contributed by atoms with E-state index in [0.717, 1.165) is 5.56 Å². The van der Waals surface area contributed by atoms with Gasteiger partial charge in [-0.15, -0.1) is 0 Å². The molecular formula is C15H19N3O3. The SMILES string of the molecule is CCOC(=O)CCNCc1cc(=O)n2cccc(C)c2n1. The van der Waals surface area contributed by atoms with Gasteiger partial charge in [0, 0.05) is 25.4 Å². The van der Waals surface area contributed by atoms with E-state index in [1.807, 2.05) is 19.1 Å². The lowest BCUT2D eigenvalue weighted by molar-refractivity contribution is -0.142. The molecule has 2 aromatic rings. The number of rotatable bonds is 6. The molecule has 0 spiro atoms. The van der Waals surface area contributed by atoms with Crippen LogP contribution in [0.3, 0.4) is 0 Å². The third-order valence-corrected chi connectivity index (χ3v) is 3.06. The topological polar surface area (TPSA) is 72.7 Å². The Morgan fingerprint density at radius 3 is 3.05 bits per heavy atom. The Labute approximate surface area is 122 Å². The molecule has 112 valence electrons. The summed E-state index contributed by atoms with van der Waals surface area (Å²) in [5.41, 5.74) is 2.17. The van der Waals surface area contributed by atoms with Gasteiger partial charge in [0.1, 0.15) is 5.65 Å². The molecule has 0 unspecified atom stereocenters. The minimum atomic E-state index is -0.229. The number of ether oxygens (including phenoxy) is 1. The summed E-state index contributed by atoms with van der Waals surface area (Å²) < 4.78 is 6.36. The van der Waals surface area contributed by atoms with Crippen LogP contribution >= 0.6 is 0 Å². The van der Waals surface area contributed by atoms with Crippen molar-refractivity contribution in [3.05, 3.63) is 46.0 Å². The summed E-state index contributed by atoms with van der Waals surface area (Å²) in [4.78, 5) is 27.7. The molecule has 0 amide bonds. The van der Waals surface area contributed by atoms with Gasteiger partial charge in [-0.05, 0) is 25.5 Å². The predicted molar refractivity (Wildman–Crippen MR) is 79.2 cm³/mol. The summed E-state index contributed by atoms with van der Waals surface area (Å²) >= 11 is 0. The maximum absolute atomic E-state index is 12.0. The number of esters is 1. The number of nitrogens with one attached hydrogen (secondary N) is 1. The van der Waals surface area contributed by atoms with E-state index < -0.39 is 0 Å². The average molecular weight is 289 g/mol. The maximum atomic E-state index is 12.0. The second kappa shape index (κ2) is 6.99. The van der Waals surface area contributed by atoms with Gasteiger partial charge in [0.05, 0.1) is 18.7 Å². The highest BCUT2D eigenvalue weighted by atomic mass is 16.5. The molecule has 0 aliphatic heterocycles. The van der Waals surface area contributed by atoms with Crippen LogP contribution < -0.4 is 10.9 Å². The van der Waals surface area contributed by atoms with Gasteiger partial charge < -0.3 is 10.1 Å². The number of hydrogen-bond acceptors (Lipinski definition) is 5. The molecule has 2 rings (SSSR count). The van der Waals surface area contributed by atoms with Crippen LogP contribution in [-0.2, 0) is 16.1 Å². The molecule has 2 aromatic heterocycles. The third kappa shape index (κ3) is 3.88. The van der Waals surface area contributed by atoms with Crippen LogP contribution in [0.2, 0.25) is 0 Å². The molecule has 0 aliphatic carbocycles. The van der Waals surface area contributed by atoms with E-state index >= 15 is 0 Å². The standard InChI is InChI=1S/C15H19N3O3/c1-3-21-14(20)6-7-16-10-12-9-13(19)18-8-4-5-11(2)15(18)17-12/h4-5,8-9,16H,3,6-7,10H2,1-2H3. The highest BCUT2D eigenvalue weighted by Gasteiger charge is 2.05. The molecule has 0 aliphatic rings. The van der Waals surface area contributed by atoms with E-state index in [-0.39, 0.29) is 11.5 Å². The Morgan fingerprint density at radius 2 is 2.29 bits per heavy atom. The van der Waals surface area contributed by atoms with Gasteiger partial charge in [0.25, 0.3) is 5.56 Å². The molecule has 2 heterocycles. The van der Waals surface area contributed by atoms with Gasteiger partial charge in [-0.3, -0.25) is 14.0 Å². The van der Waals surface area contributed by atoms with Crippen molar-refractivity contribution in [2.75, 3.05) is 13.2 Å². The number of hydrogen-bond donors (Lipinski definition) is 1. The van der Waals surface area contributed by atoms with Gasteiger partial charge >= 0.3 is 5.97 Å². The van der Waals surface area contributed by atoms with E-state index in [2.05, 4.69) is 10.3 Å². The van der Waals surface area contributed by atoms with Crippen molar-refractivity contribution in [1.82, 2.24) is 14.7 Å². The Balaban J connectivity index is 2.01. The first-order chi connectivity index (χ1) is 10.1. The quantitative estimate of drug-likeness (QED) is 0.635. The lowest BCUT2D eigenvalue weighted by Crippen LogP contribution is -2.22. The van der Waals surface area contributed by atoms with E-state index in [1.54, 1.807) is 13.1 Å². The van der Waals surface area contributed by atoms with Gasteiger partial charge in [-0.2, -0.15) is 0 Å². The van der Waals surface area contributed by atoms with Crippen molar-refractivity contribution in [3.63, 3.8) is 0 Å². The first-order valence-electron chi connectivity index (χ1n) is 6.96. The molecule has 0 saturated carbocycles. The lowest BCUT2D eigenvalue weighted by Gasteiger charge is -2.07. The number of nitrogens with zero attached hydrogens (tertiary/aromatic N) is 2. The normalized spacial score (nSPS) is 10.8. The summed E-state index contributed by atoms with van der Waals surface area (Å²) in [6.45, 7) is 5.02. The molecule has 0 atom stereocenters. The molecule has 6 heteroatoms. The molecular weight excluding hydrogens is 270 g/mol. The van der Waals surface area contributed by atoms with Crippen molar-refractivity contribution in [1.29, 1.82) is 0 Å². The van der Waals surface area contributed by atoms with E-state index in [1.165, 1.54) is 10.5 Å². The molecule has 0 aromatic carbocycles. The van der Waals surface area contributed by atoms with Gasteiger partial charge in [-0.25, -0.2) is 4.98 Å². The number of carbonyl (C=O) groups excluding carboxylic acids is 1. The fraction of sp³-hybridized carbons (Fsp3) is 0.400. The van der Waals surface area contributed by atoms with Crippen LogP contribution in [0.1, 0.15) is 24.6 Å². The first-order valence-corrected chi connectivity index (χ1v) is 6.96.